The fraction of sp³-hybridized carbons (Fsp3) is 0.625. The molecule has 0 aliphatic carbocycles. The van der Waals surface area contributed by atoms with Gasteiger partial charge in [-0.15, -0.1) is 0 Å². The number of benzene rings is 1. The summed E-state index contributed by atoms with van der Waals surface area (Å²) in [6, 6.07) is 7.77. The average molecular weight is 272 g/mol. The summed E-state index contributed by atoms with van der Waals surface area (Å²) in [6.07, 6.45) is 2.55. The number of halogens is 1. The first-order valence-electron chi connectivity index (χ1n) is 7.01. The molecule has 0 N–H and O–H groups in total. The fourth-order valence-electron chi connectivity index (χ4n) is 1.43. The molecule has 0 aliphatic heterocycles. The van der Waals surface area contributed by atoms with E-state index in [1.54, 1.807) is 0 Å². The highest BCUT2D eigenvalue weighted by atomic mass is 35.5. The lowest BCUT2D eigenvalue weighted by Gasteiger charge is -2.12. The van der Waals surface area contributed by atoms with E-state index < -0.39 is 0 Å². The monoisotopic (exact) mass is 271 g/mol. The minimum atomic E-state index is 0.840. The molecule has 0 atom stereocenters. The van der Waals surface area contributed by atoms with Crippen molar-refractivity contribution in [3.05, 3.63) is 34.9 Å². The zero-order valence-corrected chi connectivity index (χ0v) is 13.7. The predicted octanol–water partition coefficient (Wildman–Crippen LogP) is 5.41. The largest absolute Gasteiger partial charge is 0.306 e. The van der Waals surface area contributed by atoms with E-state index in [1.807, 2.05) is 45.0 Å². The molecule has 1 aromatic rings. The van der Waals surface area contributed by atoms with Crippen LogP contribution >= 0.6 is 11.6 Å². The second kappa shape index (κ2) is 14.5. The Morgan fingerprint density at radius 1 is 1.00 bits per heavy atom. The Bertz CT molecular complexity index is 247. The number of nitrogens with zero attached hydrogens (tertiary/aromatic N) is 1. The first-order valence-corrected chi connectivity index (χ1v) is 7.39. The molecule has 1 aromatic carbocycles. The van der Waals surface area contributed by atoms with Crippen molar-refractivity contribution in [1.29, 1.82) is 0 Å². The van der Waals surface area contributed by atoms with Crippen molar-refractivity contribution in [2.24, 2.45) is 0 Å². The smallest absolute Gasteiger partial charge is 0.0435 e. The highest BCUT2D eigenvalue weighted by Gasteiger charge is 1.90. The van der Waals surface area contributed by atoms with Crippen molar-refractivity contribution in [3.63, 3.8) is 0 Å². The van der Waals surface area contributed by atoms with E-state index in [2.05, 4.69) is 25.8 Å². The fourth-order valence-corrected chi connectivity index (χ4v) is 1.56. The summed E-state index contributed by atoms with van der Waals surface area (Å²) in [5, 5.41) is 0.840. The minimum absolute atomic E-state index is 0.840. The molecule has 0 heterocycles. The number of hydrogen-bond acceptors (Lipinski definition) is 1. The summed E-state index contributed by atoms with van der Waals surface area (Å²) in [5.74, 6) is 0. The van der Waals surface area contributed by atoms with Crippen LogP contribution in [0.5, 0.6) is 0 Å². The summed E-state index contributed by atoms with van der Waals surface area (Å²) >= 11 is 5.71. The van der Waals surface area contributed by atoms with E-state index in [-0.39, 0.29) is 0 Å². The van der Waals surface area contributed by atoms with Crippen LogP contribution in [0.2, 0.25) is 5.02 Å². The number of aryl methyl sites for hydroxylation is 1. The van der Waals surface area contributed by atoms with Gasteiger partial charge < -0.3 is 4.90 Å². The van der Waals surface area contributed by atoms with Crippen LogP contribution in [-0.2, 0) is 0 Å². The molecule has 0 aliphatic rings. The van der Waals surface area contributed by atoms with Crippen LogP contribution in [0.25, 0.3) is 0 Å². The maximum atomic E-state index is 5.71. The van der Waals surface area contributed by atoms with Gasteiger partial charge in [0.15, 0.2) is 0 Å². The van der Waals surface area contributed by atoms with Gasteiger partial charge in [-0.3, -0.25) is 0 Å². The van der Waals surface area contributed by atoms with E-state index in [0.717, 1.165) is 10.6 Å². The molecule has 0 fully saturated rings. The lowest BCUT2D eigenvalue weighted by Crippen LogP contribution is -2.19. The van der Waals surface area contributed by atoms with Crippen LogP contribution in [-0.4, -0.2) is 25.0 Å². The second-order valence-electron chi connectivity index (χ2n) is 4.05. The molecule has 0 unspecified atom stereocenters. The lowest BCUT2D eigenvalue weighted by atomic mass is 10.2. The van der Waals surface area contributed by atoms with E-state index in [9.17, 15) is 0 Å². The zero-order chi connectivity index (χ0) is 14.4. The Labute approximate surface area is 119 Å². The van der Waals surface area contributed by atoms with E-state index in [0.29, 0.717) is 0 Å². The predicted molar refractivity (Wildman–Crippen MR) is 85.6 cm³/mol. The van der Waals surface area contributed by atoms with Crippen LogP contribution in [0.15, 0.2) is 24.3 Å². The van der Waals surface area contributed by atoms with Gasteiger partial charge in [-0.2, -0.15) is 0 Å². The molecule has 18 heavy (non-hydrogen) atoms. The highest BCUT2D eigenvalue weighted by molar-refractivity contribution is 6.31. The molecular formula is C16H30ClN. The van der Waals surface area contributed by atoms with Crippen LogP contribution in [0.1, 0.15) is 46.1 Å². The molecular weight excluding hydrogens is 242 g/mol. The number of hydrogen-bond donors (Lipinski definition) is 0. The van der Waals surface area contributed by atoms with Gasteiger partial charge in [0.2, 0.25) is 0 Å². The van der Waals surface area contributed by atoms with Crippen LogP contribution in [0.3, 0.4) is 0 Å². The minimum Gasteiger partial charge on any atom is -0.306 e. The Hall–Kier alpha value is -0.530. The SMILES string of the molecule is CC.CCCN(C)CCC.Cc1ccccc1Cl. The average Bonchev–Trinajstić information content (AvgIpc) is 2.37. The van der Waals surface area contributed by atoms with E-state index >= 15 is 0 Å². The van der Waals surface area contributed by atoms with Crippen molar-refractivity contribution >= 4 is 11.6 Å². The summed E-state index contributed by atoms with van der Waals surface area (Å²) in [4.78, 5) is 2.36. The van der Waals surface area contributed by atoms with Gasteiger partial charge in [0, 0.05) is 5.02 Å². The Morgan fingerprint density at radius 3 is 1.72 bits per heavy atom. The van der Waals surface area contributed by atoms with Gasteiger partial charge >= 0.3 is 0 Å². The topological polar surface area (TPSA) is 3.24 Å². The number of rotatable bonds is 4. The van der Waals surface area contributed by atoms with Gasteiger partial charge in [0.05, 0.1) is 0 Å². The second-order valence-corrected chi connectivity index (χ2v) is 4.46. The van der Waals surface area contributed by atoms with Gasteiger partial charge in [0.1, 0.15) is 0 Å². The normalized spacial score (nSPS) is 9.11. The highest BCUT2D eigenvalue weighted by Crippen LogP contribution is 2.11. The van der Waals surface area contributed by atoms with Gasteiger partial charge in [-0.1, -0.05) is 57.5 Å². The summed E-state index contributed by atoms with van der Waals surface area (Å²) < 4.78 is 0. The van der Waals surface area contributed by atoms with E-state index in [4.69, 9.17) is 11.6 Å². The summed E-state index contributed by atoms with van der Waals surface area (Å²) in [6.45, 7) is 12.9. The molecule has 0 spiro atoms. The molecule has 0 radical (unpaired) electrons. The van der Waals surface area contributed by atoms with Crippen molar-refractivity contribution < 1.29 is 0 Å². The van der Waals surface area contributed by atoms with Gasteiger partial charge in [-0.25, -0.2) is 0 Å². The maximum Gasteiger partial charge on any atom is 0.0435 e. The molecule has 0 aromatic heterocycles. The zero-order valence-electron chi connectivity index (χ0n) is 13.0. The van der Waals surface area contributed by atoms with E-state index in [1.165, 1.54) is 25.9 Å². The first-order chi connectivity index (χ1) is 8.61. The Balaban J connectivity index is 0. The third-order valence-electron chi connectivity index (χ3n) is 2.29. The quantitative estimate of drug-likeness (QED) is 0.707. The molecule has 0 bridgehead atoms. The van der Waals surface area contributed by atoms with Gasteiger partial charge in [-0.05, 0) is 51.5 Å². The summed E-state index contributed by atoms with van der Waals surface area (Å²) in [7, 11) is 2.17. The molecule has 0 saturated heterocycles. The third kappa shape index (κ3) is 11.9. The Morgan fingerprint density at radius 2 is 1.44 bits per heavy atom. The molecule has 1 nitrogen and oxygen atoms in total. The molecule has 2 heteroatoms. The van der Waals surface area contributed by atoms with Crippen LogP contribution in [0, 0.1) is 6.92 Å². The third-order valence-corrected chi connectivity index (χ3v) is 2.71. The standard InChI is InChI=1S/C7H7Cl.C7H17N.C2H6/c1-6-4-2-3-5-7(6)8;1-4-6-8(3)7-5-2;1-2/h2-5H,1H3;4-7H2,1-3H3;1-2H3. The van der Waals surface area contributed by atoms with Crippen molar-refractivity contribution in [3.8, 4) is 0 Å². The maximum absolute atomic E-state index is 5.71. The van der Waals surface area contributed by atoms with Crippen molar-refractivity contribution in [1.82, 2.24) is 4.90 Å². The Kier molecular flexibility index (Phi) is 16.0. The van der Waals surface area contributed by atoms with Crippen LogP contribution < -0.4 is 0 Å². The van der Waals surface area contributed by atoms with Crippen molar-refractivity contribution in [2.45, 2.75) is 47.5 Å². The first kappa shape index (κ1) is 19.8. The van der Waals surface area contributed by atoms with Gasteiger partial charge in [0.25, 0.3) is 0 Å². The molecule has 1 rings (SSSR count). The van der Waals surface area contributed by atoms with Crippen LogP contribution in [0.4, 0.5) is 0 Å². The van der Waals surface area contributed by atoms with Crippen molar-refractivity contribution in [2.75, 3.05) is 20.1 Å². The molecule has 106 valence electrons. The molecule has 0 saturated carbocycles. The lowest BCUT2D eigenvalue weighted by molar-refractivity contribution is 0.335. The molecule has 0 amide bonds. The summed E-state index contributed by atoms with van der Waals surface area (Å²) in [5.41, 5.74) is 1.13.